The average molecular weight is 235 g/mol. The molecule has 0 saturated heterocycles. The molecule has 4 nitrogen and oxygen atoms in total. The summed E-state index contributed by atoms with van der Waals surface area (Å²) in [6.07, 6.45) is 1.19. The monoisotopic (exact) mass is 235 g/mol. The van der Waals surface area contributed by atoms with Crippen molar-refractivity contribution < 1.29 is 14.7 Å². The van der Waals surface area contributed by atoms with Crippen LogP contribution in [0.5, 0.6) is 0 Å². The zero-order valence-corrected chi connectivity index (χ0v) is 9.85. The number of aliphatic carboxylic acids is 1. The van der Waals surface area contributed by atoms with Crippen molar-refractivity contribution >= 4 is 11.8 Å². The van der Waals surface area contributed by atoms with Crippen LogP contribution in [0.15, 0.2) is 24.3 Å². The Morgan fingerprint density at radius 2 is 2.00 bits per heavy atom. The van der Waals surface area contributed by atoms with E-state index < -0.39 is 5.97 Å². The van der Waals surface area contributed by atoms with Gasteiger partial charge in [0.1, 0.15) is 0 Å². The molecule has 0 amide bonds. The van der Waals surface area contributed by atoms with Gasteiger partial charge in [0.15, 0.2) is 5.78 Å². The normalized spacial score (nSPS) is 12.1. The third kappa shape index (κ3) is 4.00. The van der Waals surface area contributed by atoms with E-state index in [1.54, 1.807) is 12.1 Å². The number of rotatable bonds is 6. The van der Waals surface area contributed by atoms with Crippen molar-refractivity contribution in [1.82, 2.24) is 0 Å². The molecule has 17 heavy (non-hydrogen) atoms. The maximum absolute atomic E-state index is 11.4. The summed E-state index contributed by atoms with van der Waals surface area (Å²) in [6, 6.07) is 6.91. The van der Waals surface area contributed by atoms with Gasteiger partial charge in [-0.25, -0.2) is 0 Å². The van der Waals surface area contributed by atoms with Crippen molar-refractivity contribution in [3.8, 4) is 0 Å². The van der Waals surface area contributed by atoms with Crippen LogP contribution in [0, 0.1) is 0 Å². The minimum atomic E-state index is -0.822. The second-order valence-electron chi connectivity index (χ2n) is 4.04. The molecule has 1 aromatic carbocycles. The number of ketones is 1. The topological polar surface area (TPSA) is 80.4 Å². The van der Waals surface area contributed by atoms with Crippen LogP contribution in [0.1, 0.15) is 48.1 Å². The van der Waals surface area contributed by atoms with Crippen LogP contribution >= 0.6 is 0 Å². The molecule has 0 unspecified atom stereocenters. The van der Waals surface area contributed by atoms with Gasteiger partial charge in [-0.15, -0.1) is 0 Å². The number of carboxylic acid groups (broad SMARTS) is 1. The number of hydrogen-bond acceptors (Lipinski definition) is 3. The Labute approximate surface area is 100 Å². The Morgan fingerprint density at radius 1 is 1.35 bits per heavy atom. The summed E-state index contributed by atoms with van der Waals surface area (Å²) in [4.78, 5) is 21.8. The first-order valence-corrected chi connectivity index (χ1v) is 5.59. The number of hydrogen-bond donors (Lipinski definition) is 2. The van der Waals surface area contributed by atoms with E-state index in [1.807, 2.05) is 12.1 Å². The molecule has 4 heteroatoms. The molecular weight excluding hydrogens is 218 g/mol. The SMILES string of the molecule is CC(=O)c1ccccc1[C@H](N)CCCC(=O)O. The van der Waals surface area contributed by atoms with Crippen molar-refractivity contribution in [3.05, 3.63) is 35.4 Å². The number of nitrogens with two attached hydrogens (primary N) is 1. The molecule has 1 aromatic rings. The molecule has 0 aliphatic heterocycles. The molecular formula is C13H17NO3. The van der Waals surface area contributed by atoms with Gasteiger partial charge in [-0.2, -0.15) is 0 Å². The molecule has 0 saturated carbocycles. The van der Waals surface area contributed by atoms with Crippen LogP contribution < -0.4 is 5.73 Å². The van der Waals surface area contributed by atoms with Crippen LogP contribution in [0.4, 0.5) is 0 Å². The number of Topliss-reactive ketones (excluding diaryl/α,β-unsaturated/α-hetero) is 1. The van der Waals surface area contributed by atoms with Crippen LogP contribution in [-0.4, -0.2) is 16.9 Å². The molecule has 0 radical (unpaired) electrons. The lowest BCUT2D eigenvalue weighted by molar-refractivity contribution is -0.137. The number of carbonyl (C=O) groups is 2. The number of carboxylic acids is 1. The highest BCUT2D eigenvalue weighted by Gasteiger charge is 2.13. The molecule has 0 heterocycles. The van der Waals surface area contributed by atoms with E-state index in [4.69, 9.17) is 10.8 Å². The summed E-state index contributed by atoms with van der Waals surface area (Å²) in [5, 5.41) is 8.54. The van der Waals surface area contributed by atoms with Gasteiger partial charge in [-0.1, -0.05) is 24.3 Å². The van der Waals surface area contributed by atoms with E-state index in [9.17, 15) is 9.59 Å². The van der Waals surface area contributed by atoms with Crippen molar-refractivity contribution in [3.63, 3.8) is 0 Å². The van der Waals surface area contributed by atoms with Gasteiger partial charge in [-0.05, 0) is 25.3 Å². The molecule has 0 fully saturated rings. The van der Waals surface area contributed by atoms with E-state index in [-0.39, 0.29) is 18.2 Å². The first-order chi connectivity index (χ1) is 8.02. The summed E-state index contributed by atoms with van der Waals surface area (Å²) >= 11 is 0. The molecule has 0 aliphatic carbocycles. The Morgan fingerprint density at radius 3 is 2.59 bits per heavy atom. The first-order valence-electron chi connectivity index (χ1n) is 5.59. The third-order valence-electron chi connectivity index (χ3n) is 2.65. The van der Waals surface area contributed by atoms with Crippen LogP contribution in [0.2, 0.25) is 0 Å². The standard InChI is InChI=1S/C13H17NO3/c1-9(15)10-5-2-3-6-11(10)12(14)7-4-8-13(16)17/h2-3,5-6,12H,4,7-8,14H2,1H3,(H,16,17)/t12-/m1/s1. The summed E-state index contributed by atoms with van der Waals surface area (Å²) in [5.74, 6) is -0.841. The molecule has 1 atom stereocenters. The van der Waals surface area contributed by atoms with Crippen LogP contribution in [-0.2, 0) is 4.79 Å². The van der Waals surface area contributed by atoms with Gasteiger partial charge in [0.2, 0.25) is 0 Å². The lowest BCUT2D eigenvalue weighted by Gasteiger charge is -2.14. The fourth-order valence-corrected chi connectivity index (χ4v) is 1.77. The highest BCUT2D eigenvalue weighted by atomic mass is 16.4. The largest absolute Gasteiger partial charge is 0.481 e. The Bertz CT molecular complexity index is 415. The van der Waals surface area contributed by atoms with E-state index in [1.165, 1.54) is 6.92 Å². The minimum Gasteiger partial charge on any atom is -0.481 e. The van der Waals surface area contributed by atoms with Gasteiger partial charge in [-0.3, -0.25) is 9.59 Å². The third-order valence-corrected chi connectivity index (χ3v) is 2.65. The molecule has 1 rings (SSSR count). The van der Waals surface area contributed by atoms with Gasteiger partial charge in [0.25, 0.3) is 0 Å². The van der Waals surface area contributed by atoms with E-state index >= 15 is 0 Å². The summed E-state index contributed by atoms with van der Waals surface area (Å²) in [5.41, 5.74) is 7.39. The smallest absolute Gasteiger partial charge is 0.303 e. The summed E-state index contributed by atoms with van der Waals surface area (Å²) < 4.78 is 0. The lowest BCUT2D eigenvalue weighted by atomic mass is 9.95. The van der Waals surface area contributed by atoms with Crippen molar-refractivity contribution in [2.24, 2.45) is 5.73 Å². The maximum atomic E-state index is 11.4. The molecule has 92 valence electrons. The second kappa shape index (κ2) is 6.15. The molecule has 0 aliphatic rings. The summed E-state index contributed by atoms with van der Waals surface area (Å²) in [6.45, 7) is 1.50. The molecule has 3 N–H and O–H groups in total. The first kappa shape index (κ1) is 13.4. The Balaban J connectivity index is 2.71. The Kier molecular flexibility index (Phi) is 4.84. The van der Waals surface area contributed by atoms with Crippen LogP contribution in [0.25, 0.3) is 0 Å². The van der Waals surface area contributed by atoms with E-state index in [0.29, 0.717) is 18.4 Å². The maximum Gasteiger partial charge on any atom is 0.303 e. The van der Waals surface area contributed by atoms with Gasteiger partial charge < -0.3 is 10.8 Å². The summed E-state index contributed by atoms with van der Waals surface area (Å²) in [7, 11) is 0. The molecule has 0 bridgehead atoms. The van der Waals surface area contributed by atoms with Crippen molar-refractivity contribution in [1.29, 1.82) is 0 Å². The quantitative estimate of drug-likeness (QED) is 0.740. The predicted molar refractivity (Wildman–Crippen MR) is 64.9 cm³/mol. The highest BCUT2D eigenvalue weighted by Crippen LogP contribution is 2.21. The zero-order valence-electron chi connectivity index (χ0n) is 9.85. The number of carbonyl (C=O) groups excluding carboxylic acids is 1. The Hall–Kier alpha value is -1.68. The second-order valence-corrected chi connectivity index (χ2v) is 4.04. The van der Waals surface area contributed by atoms with E-state index in [0.717, 1.165) is 5.56 Å². The fourth-order valence-electron chi connectivity index (χ4n) is 1.77. The minimum absolute atomic E-state index is 0.0192. The molecule has 0 aromatic heterocycles. The van der Waals surface area contributed by atoms with Gasteiger partial charge in [0, 0.05) is 18.0 Å². The van der Waals surface area contributed by atoms with Crippen molar-refractivity contribution in [2.45, 2.75) is 32.2 Å². The van der Waals surface area contributed by atoms with Gasteiger partial charge in [0.05, 0.1) is 0 Å². The lowest BCUT2D eigenvalue weighted by Crippen LogP contribution is -2.14. The van der Waals surface area contributed by atoms with Crippen molar-refractivity contribution in [2.75, 3.05) is 0 Å². The average Bonchev–Trinajstić information content (AvgIpc) is 2.28. The highest BCUT2D eigenvalue weighted by molar-refractivity contribution is 5.95. The van der Waals surface area contributed by atoms with Gasteiger partial charge >= 0.3 is 5.97 Å². The van der Waals surface area contributed by atoms with E-state index in [2.05, 4.69) is 0 Å². The predicted octanol–water partition coefficient (Wildman–Crippen LogP) is 2.14. The zero-order chi connectivity index (χ0) is 12.8. The molecule has 0 spiro atoms. The fraction of sp³-hybridized carbons (Fsp3) is 0.385. The number of benzene rings is 1. The van der Waals surface area contributed by atoms with Crippen LogP contribution in [0.3, 0.4) is 0 Å².